The van der Waals surface area contributed by atoms with Gasteiger partial charge in [-0.25, -0.2) is 0 Å². The summed E-state index contributed by atoms with van der Waals surface area (Å²) in [6.07, 6.45) is 5.21. The molecular weight excluding hydrogens is 304 g/mol. The minimum Gasteiger partial charge on any atom is -0.355 e. The summed E-state index contributed by atoms with van der Waals surface area (Å²) in [4.78, 5) is 26.2. The predicted molar refractivity (Wildman–Crippen MR) is 92.5 cm³/mol. The van der Waals surface area contributed by atoms with E-state index in [1.807, 2.05) is 29.2 Å². The third-order valence-electron chi connectivity index (χ3n) is 4.50. The van der Waals surface area contributed by atoms with Gasteiger partial charge in [0.25, 0.3) is 0 Å². The first-order chi connectivity index (χ1) is 11.7. The van der Waals surface area contributed by atoms with E-state index >= 15 is 0 Å². The van der Waals surface area contributed by atoms with Gasteiger partial charge in [-0.15, -0.1) is 0 Å². The van der Waals surface area contributed by atoms with Crippen LogP contribution in [-0.4, -0.2) is 46.5 Å². The van der Waals surface area contributed by atoms with Crippen LogP contribution in [0.1, 0.15) is 37.8 Å². The summed E-state index contributed by atoms with van der Waals surface area (Å²) < 4.78 is 0. The number of benzene rings is 1. The summed E-state index contributed by atoms with van der Waals surface area (Å²) in [5.41, 5.74) is 1.67. The van der Waals surface area contributed by atoms with Crippen LogP contribution in [0, 0.1) is 0 Å². The Kier molecular flexibility index (Phi) is 5.46. The average Bonchev–Trinajstić information content (AvgIpc) is 2.81. The van der Waals surface area contributed by atoms with E-state index < -0.39 is 0 Å². The molecule has 0 saturated carbocycles. The molecule has 24 heavy (non-hydrogen) atoms. The number of fused-ring (bicyclic) bond motifs is 1. The Morgan fingerprint density at radius 2 is 1.88 bits per heavy atom. The lowest BCUT2D eigenvalue weighted by Crippen LogP contribution is -2.35. The highest BCUT2D eigenvalue weighted by molar-refractivity contribution is 5.87. The van der Waals surface area contributed by atoms with Crippen LogP contribution in [0.15, 0.2) is 24.3 Å². The third kappa shape index (κ3) is 4.13. The second-order valence-electron chi connectivity index (χ2n) is 6.29. The van der Waals surface area contributed by atoms with E-state index in [9.17, 15) is 9.59 Å². The van der Waals surface area contributed by atoms with E-state index in [4.69, 9.17) is 0 Å². The maximum Gasteiger partial charge on any atom is 0.226 e. The Balaban J connectivity index is 1.44. The Hall–Kier alpha value is -2.37. The molecule has 0 unspecified atom stereocenters. The second-order valence-corrected chi connectivity index (χ2v) is 6.29. The molecule has 3 rings (SSSR count). The molecule has 0 aliphatic carbocycles. The zero-order valence-electron chi connectivity index (χ0n) is 13.9. The lowest BCUT2D eigenvalue weighted by Gasteiger charge is -2.20. The van der Waals surface area contributed by atoms with E-state index in [1.54, 1.807) is 0 Å². The van der Waals surface area contributed by atoms with Crippen molar-refractivity contribution in [2.45, 2.75) is 38.5 Å². The van der Waals surface area contributed by atoms with E-state index in [1.165, 1.54) is 12.8 Å². The molecule has 1 aromatic carbocycles. The Morgan fingerprint density at radius 3 is 2.67 bits per heavy atom. The molecule has 1 aliphatic rings. The van der Waals surface area contributed by atoms with Gasteiger partial charge < -0.3 is 10.2 Å². The van der Waals surface area contributed by atoms with Crippen molar-refractivity contribution in [2.75, 3.05) is 19.6 Å². The first-order valence-electron chi connectivity index (χ1n) is 8.70. The summed E-state index contributed by atoms with van der Waals surface area (Å²) in [5.74, 6) is 0.0530. The maximum absolute atomic E-state index is 12.2. The number of rotatable bonds is 5. The maximum atomic E-state index is 12.2. The smallest absolute Gasteiger partial charge is 0.226 e. The zero-order chi connectivity index (χ0) is 16.8. The number of carbonyl (C=O) groups excluding carboxylic acids is 2. The van der Waals surface area contributed by atoms with Crippen molar-refractivity contribution in [3.8, 4) is 0 Å². The number of nitrogens with one attached hydrogen (secondary N) is 2. The van der Waals surface area contributed by atoms with Gasteiger partial charge in [0.2, 0.25) is 11.8 Å². The van der Waals surface area contributed by atoms with Crippen molar-refractivity contribution >= 4 is 22.7 Å². The standard InChI is InChI=1S/C18H24N4O2/c23-17(13-16-14-7-3-4-8-15(14)20-21-16)19-10-9-18(24)22-11-5-1-2-6-12-22/h3-4,7-8H,1-2,5-6,9-13H2,(H,19,23)(H,20,21). The zero-order valence-corrected chi connectivity index (χ0v) is 13.9. The van der Waals surface area contributed by atoms with Gasteiger partial charge in [0, 0.05) is 31.4 Å². The predicted octanol–water partition coefficient (Wildman–Crippen LogP) is 2.01. The summed E-state index contributed by atoms with van der Waals surface area (Å²) in [6, 6.07) is 7.71. The van der Waals surface area contributed by atoms with E-state index in [0.717, 1.165) is 42.5 Å². The van der Waals surface area contributed by atoms with Crippen LogP contribution in [0.3, 0.4) is 0 Å². The van der Waals surface area contributed by atoms with Crippen molar-refractivity contribution in [3.05, 3.63) is 30.0 Å². The van der Waals surface area contributed by atoms with Crippen LogP contribution in [0.25, 0.3) is 10.9 Å². The highest BCUT2D eigenvalue weighted by atomic mass is 16.2. The largest absolute Gasteiger partial charge is 0.355 e. The highest BCUT2D eigenvalue weighted by Crippen LogP contribution is 2.15. The van der Waals surface area contributed by atoms with Gasteiger partial charge in [-0.1, -0.05) is 31.0 Å². The molecule has 6 heteroatoms. The molecule has 128 valence electrons. The van der Waals surface area contributed by atoms with Gasteiger partial charge in [-0.2, -0.15) is 5.10 Å². The van der Waals surface area contributed by atoms with Crippen molar-refractivity contribution < 1.29 is 9.59 Å². The number of likely N-dealkylation sites (tertiary alicyclic amines) is 1. The number of H-pyrrole nitrogens is 1. The lowest BCUT2D eigenvalue weighted by molar-refractivity contribution is -0.131. The number of aromatic nitrogens is 2. The molecule has 2 aromatic rings. The van der Waals surface area contributed by atoms with Gasteiger partial charge in [0.15, 0.2) is 0 Å². The Labute approximate surface area is 141 Å². The average molecular weight is 328 g/mol. The molecule has 0 spiro atoms. The molecule has 2 heterocycles. The number of carbonyl (C=O) groups is 2. The monoisotopic (exact) mass is 328 g/mol. The van der Waals surface area contributed by atoms with E-state index in [0.29, 0.717) is 13.0 Å². The minimum atomic E-state index is -0.0898. The molecule has 1 aliphatic heterocycles. The highest BCUT2D eigenvalue weighted by Gasteiger charge is 2.15. The number of hydrogen-bond donors (Lipinski definition) is 2. The van der Waals surface area contributed by atoms with Crippen molar-refractivity contribution in [3.63, 3.8) is 0 Å². The third-order valence-corrected chi connectivity index (χ3v) is 4.50. The van der Waals surface area contributed by atoms with Gasteiger partial charge in [-0.3, -0.25) is 14.7 Å². The molecular formula is C18H24N4O2. The first-order valence-corrected chi connectivity index (χ1v) is 8.70. The number of amides is 2. The summed E-state index contributed by atoms with van der Waals surface area (Å²) >= 11 is 0. The molecule has 2 N–H and O–H groups in total. The van der Waals surface area contributed by atoms with Crippen molar-refractivity contribution in [1.29, 1.82) is 0 Å². The second kappa shape index (κ2) is 7.95. The number of hydrogen-bond acceptors (Lipinski definition) is 3. The fourth-order valence-corrected chi connectivity index (χ4v) is 3.16. The summed E-state index contributed by atoms with van der Waals surface area (Å²) in [5, 5.41) is 10.9. The molecule has 1 saturated heterocycles. The molecule has 1 fully saturated rings. The van der Waals surface area contributed by atoms with Gasteiger partial charge in [0.05, 0.1) is 17.6 Å². The number of nitrogens with zero attached hydrogens (tertiary/aromatic N) is 2. The number of aromatic amines is 1. The molecule has 0 atom stereocenters. The molecule has 2 amide bonds. The van der Waals surface area contributed by atoms with Gasteiger partial charge in [0.1, 0.15) is 0 Å². The van der Waals surface area contributed by atoms with Crippen LogP contribution in [0.5, 0.6) is 0 Å². The summed E-state index contributed by atoms with van der Waals surface area (Å²) in [7, 11) is 0. The van der Waals surface area contributed by atoms with Crippen molar-refractivity contribution in [2.24, 2.45) is 0 Å². The Bertz CT molecular complexity index is 702. The SMILES string of the molecule is O=C(Cc1[nH]nc2ccccc12)NCCC(=O)N1CCCCCC1. The first kappa shape index (κ1) is 16.5. The Morgan fingerprint density at radius 1 is 1.12 bits per heavy atom. The fourth-order valence-electron chi connectivity index (χ4n) is 3.16. The number of para-hydroxylation sites is 1. The lowest BCUT2D eigenvalue weighted by atomic mass is 10.1. The topological polar surface area (TPSA) is 78.1 Å². The van der Waals surface area contributed by atoms with Crippen LogP contribution >= 0.6 is 0 Å². The van der Waals surface area contributed by atoms with Crippen molar-refractivity contribution in [1.82, 2.24) is 20.4 Å². The normalized spacial score (nSPS) is 15.2. The van der Waals surface area contributed by atoms with Crippen LogP contribution < -0.4 is 5.32 Å². The minimum absolute atomic E-state index is 0.0898. The molecule has 0 bridgehead atoms. The molecule has 1 aromatic heterocycles. The van der Waals surface area contributed by atoms with E-state index in [-0.39, 0.29) is 18.2 Å². The summed E-state index contributed by atoms with van der Waals surface area (Å²) in [6.45, 7) is 2.10. The van der Waals surface area contributed by atoms with Gasteiger partial charge in [-0.05, 0) is 18.9 Å². The van der Waals surface area contributed by atoms with Crippen LogP contribution in [0.2, 0.25) is 0 Å². The molecule has 0 radical (unpaired) electrons. The van der Waals surface area contributed by atoms with Crippen LogP contribution in [-0.2, 0) is 16.0 Å². The van der Waals surface area contributed by atoms with Crippen LogP contribution in [0.4, 0.5) is 0 Å². The fraction of sp³-hybridized carbons (Fsp3) is 0.500. The quantitative estimate of drug-likeness (QED) is 0.881. The molecule has 6 nitrogen and oxygen atoms in total. The van der Waals surface area contributed by atoms with E-state index in [2.05, 4.69) is 15.5 Å². The van der Waals surface area contributed by atoms with Gasteiger partial charge >= 0.3 is 0 Å².